The lowest BCUT2D eigenvalue weighted by atomic mass is 10.1. The van der Waals surface area contributed by atoms with E-state index in [1.807, 2.05) is 0 Å². The van der Waals surface area contributed by atoms with Crippen molar-refractivity contribution >= 4 is 5.91 Å². The monoisotopic (exact) mass is 377 g/mol. The van der Waals surface area contributed by atoms with Gasteiger partial charge in [-0.2, -0.15) is 9.36 Å². The molecule has 0 aliphatic carbocycles. The molecule has 10 heteroatoms. The highest BCUT2D eigenvalue weighted by Crippen LogP contribution is 2.15. The molecular formula is C17H14F3N5O2. The summed E-state index contributed by atoms with van der Waals surface area (Å²) in [7, 11) is 0. The number of nitrogens with zero attached hydrogens (tertiary/aromatic N) is 4. The van der Waals surface area contributed by atoms with Gasteiger partial charge in [0.05, 0.1) is 11.7 Å². The van der Waals surface area contributed by atoms with E-state index in [0.29, 0.717) is 11.3 Å². The highest BCUT2D eigenvalue weighted by Gasteiger charge is 2.15. The zero-order valence-corrected chi connectivity index (χ0v) is 14.1. The van der Waals surface area contributed by atoms with Crippen LogP contribution in [0.15, 0.2) is 47.3 Å². The van der Waals surface area contributed by atoms with Crippen molar-refractivity contribution in [1.82, 2.24) is 25.1 Å². The van der Waals surface area contributed by atoms with Gasteiger partial charge in [0.2, 0.25) is 5.91 Å². The topological polar surface area (TPSA) is 81.8 Å². The van der Waals surface area contributed by atoms with E-state index in [4.69, 9.17) is 0 Å². The number of hydrogen-bond acceptors (Lipinski definition) is 4. The number of aromatic nitrogens is 4. The van der Waals surface area contributed by atoms with Gasteiger partial charge in [-0.3, -0.25) is 4.79 Å². The van der Waals surface area contributed by atoms with Gasteiger partial charge >= 0.3 is 5.69 Å². The summed E-state index contributed by atoms with van der Waals surface area (Å²) in [5, 5.41) is 9.82. The van der Waals surface area contributed by atoms with Crippen LogP contribution in [0.2, 0.25) is 0 Å². The van der Waals surface area contributed by atoms with Crippen molar-refractivity contribution in [3.8, 4) is 5.69 Å². The zero-order valence-electron chi connectivity index (χ0n) is 14.1. The predicted octanol–water partition coefficient (Wildman–Crippen LogP) is 1.72. The minimum Gasteiger partial charge on any atom is -0.348 e. The minimum atomic E-state index is -1.02. The number of carbonyl (C=O) groups is 1. The summed E-state index contributed by atoms with van der Waals surface area (Å²) in [6.45, 7) is 1.16. The molecule has 3 rings (SSSR count). The van der Waals surface area contributed by atoms with E-state index in [0.717, 1.165) is 33.6 Å². The fourth-order valence-electron chi connectivity index (χ4n) is 2.41. The third kappa shape index (κ3) is 4.05. The molecule has 1 N–H and O–H groups in total. The van der Waals surface area contributed by atoms with E-state index < -0.39 is 41.6 Å². The van der Waals surface area contributed by atoms with Gasteiger partial charge in [-0.25, -0.2) is 18.0 Å². The van der Waals surface area contributed by atoms with Crippen LogP contribution in [-0.4, -0.2) is 25.7 Å². The Morgan fingerprint density at radius 3 is 2.44 bits per heavy atom. The number of nitrogens with one attached hydrogen (secondary N) is 1. The normalized spacial score (nSPS) is 12.0. The molecule has 0 aliphatic heterocycles. The molecule has 2 aromatic carbocycles. The first-order valence-corrected chi connectivity index (χ1v) is 7.88. The molecule has 140 valence electrons. The molecule has 0 aliphatic rings. The number of carbonyl (C=O) groups excluding carboxylic acids is 1. The minimum absolute atomic E-state index is 0.295. The molecule has 0 spiro atoms. The van der Waals surface area contributed by atoms with Gasteiger partial charge in [-0.15, -0.1) is 0 Å². The highest BCUT2D eigenvalue weighted by molar-refractivity contribution is 5.76. The number of hydrogen-bond donors (Lipinski definition) is 1. The molecule has 0 saturated heterocycles. The van der Waals surface area contributed by atoms with Crippen molar-refractivity contribution in [3.63, 3.8) is 0 Å². The highest BCUT2D eigenvalue weighted by atomic mass is 19.2. The Morgan fingerprint density at radius 2 is 1.78 bits per heavy atom. The van der Waals surface area contributed by atoms with Crippen LogP contribution in [0.4, 0.5) is 13.2 Å². The lowest BCUT2D eigenvalue weighted by Gasteiger charge is -2.14. The number of benzene rings is 2. The smallest absolute Gasteiger partial charge is 0.348 e. The largest absolute Gasteiger partial charge is 0.368 e. The second-order valence-corrected chi connectivity index (χ2v) is 5.77. The van der Waals surface area contributed by atoms with Crippen molar-refractivity contribution < 1.29 is 18.0 Å². The van der Waals surface area contributed by atoms with Crippen LogP contribution in [0.5, 0.6) is 0 Å². The summed E-state index contributed by atoms with van der Waals surface area (Å²) in [6, 6.07) is 7.70. The lowest BCUT2D eigenvalue weighted by molar-refractivity contribution is -0.122. The average Bonchev–Trinajstić information content (AvgIpc) is 2.98. The summed E-state index contributed by atoms with van der Waals surface area (Å²) >= 11 is 0. The summed E-state index contributed by atoms with van der Waals surface area (Å²) < 4.78 is 41.0. The third-order valence-corrected chi connectivity index (χ3v) is 3.83. The van der Waals surface area contributed by atoms with Crippen LogP contribution in [0.1, 0.15) is 18.5 Å². The Labute approximate surface area is 151 Å². The average molecular weight is 377 g/mol. The van der Waals surface area contributed by atoms with Crippen molar-refractivity contribution in [2.24, 2.45) is 0 Å². The van der Waals surface area contributed by atoms with Gasteiger partial charge < -0.3 is 5.32 Å². The summed E-state index contributed by atoms with van der Waals surface area (Å²) in [5.41, 5.74) is -0.0231. The third-order valence-electron chi connectivity index (χ3n) is 3.83. The van der Waals surface area contributed by atoms with Gasteiger partial charge in [-0.05, 0) is 59.3 Å². The van der Waals surface area contributed by atoms with E-state index in [2.05, 4.69) is 15.7 Å². The summed E-state index contributed by atoms with van der Waals surface area (Å²) in [4.78, 5) is 24.4. The Kier molecular flexibility index (Phi) is 5.06. The van der Waals surface area contributed by atoms with Gasteiger partial charge in [0.15, 0.2) is 11.6 Å². The van der Waals surface area contributed by atoms with Gasteiger partial charge in [0.25, 0.3) is 0 Å². The molecule has 3 aromatic rings. The van der Waals surface area contributed by atoms with Crippen LogP contribution in [-0.2, 0) is 11.3 Å². The summed E-state index contributed by atoms with van der Waals surface area (Å²) in [6.07, 6.45) is 0. The molecule has 0 bridgehead atoms. The van der Waals surface area contributed by atoms with Gasteiger partial charge in [0, 0.05) is 0 Å². The number of amides is 1. The molecule has 0 fully saturated rings. The molecule has 27 heavy (non-hydrogen) atoms. The predicted molar refractivity (Wildman–Crippen MR) is 88.5 cm³/mol. The van der Waals surface area contributed by atoms with Crippen LogP contribution in [0.3, 0.4) is 0 Å². The Hall–Kier alpha value is -3.43. The fourth-order valence-corrected chi connectivity index (χ4v) is 2.41. The standard InChI is InChI=1S/C17H14F3N5O2/c1-10(11-2-7-14(19)15(20)8-11)21-16(26)9-24-17(27)25(23-22-24)13-5-3-12(18)4-6-13/h2-8,10H,9H2,1H3,(H,21,26)/t10-/m0/s1. The van der Waals surface area contributed by atoms with Crippen LogP contribution < -0.4 is 11.0 Å². The van der Waals surface area contributed by atoms with Crippen LogP contribution >= 0.6 is 0 Å². The Balaban J connectivity index is 1.70. The maximum absolute atomic E-state index is 13.3. The quantitative estimate of drug-likeness (QED) is 0.734. The first-order valence-electron chi connectivity index (χ1n) is 7.88. The molecule has 1 amide bonds. The molecule has 7 nitrogen and oxygen atoms in total. The van der Waals surface area contributed by atoms with Crippen molar-refractivity contribution in [2.45, 2.75) is 19.5 Å². The zero-order chi connectivity index (χ0) is 19.6. The van der Waals surface area contributed by atoms with Crippen LogP contribution in [0.25, 0.3) is 5.69 Å². The lowest BCUT2D eigenvalue weighted by Crippen LogP contribution is -2.34. The number of halogens is 3. The van der Waals surface area contributed by atoms with Crippen molar-refractivity contribution in [3.05, 3.63) is 76.0 Å². The van der Waals surface area contributed by atoms with Crippen molar-refractivity contribution in [1.29, 1.82) is 0 Å². The maximum Gasteiger partial charge on any atom is 0.368 e. The molecule has 1 atom stereocenters. The molecular weight excluding hydrogens is 363 g/mol. The SMILES string of the molecule is C[C@H](NC(=O)Cn1nnn(-c2ccc(F)cc2)c1=O)c1ccc(F)c(F)c1. The molecule has 1 heterocycles. The molecule has 0 saturated carbocycles. The molecule has 1 aromatic heterocycles. The van der Waals surface area contributed by atoms with E-state index >= 15 is 0 Å². The van der Waals surface area contributed by atoms with E-state index in [-0.39, 0.29) is 0 Å². The van der Waals surface area contributed by atoms with Gasteiger partial charge in [-0.1, -0.05) is 6.07 Å². The Morgan fingerprint density at radius 1 is 1.07 bits per heavy atom. The second-order valence-electron chi connectivity index (χ2n) is 5.77. The van der Waals surface area contributed by atoms with E-state index in [1.54, 1.807) is 6.92 Å². The molecule has 0 unspecified atom stereocenters. The summed E-state index contributed by atoms with van der Waals surface area (Å²) in [5.74, 6) is -3.04. The van der Waals surface area contributed by atoms with E-state index in [9.17, 15) is 22.8 Å². The molecule has 0 radical (unpaired) electrons. The van der Waals surface area contributed by atoms with Crippen molar-refractivity contribution in [2.75, 3.05) is 0 Å². The van der Waals surface area contributed by atoms with Crippen LogP contribution in [0, 0.1) is 17.5 Å². The maximum atomic E-state index is 13.3. The number of rotatable bonds is 5. The van der Waals surface area contributed by atoms with Gasteiger partial charge in [0.1, 0.15) is 12.4 Å². The van der Waals surface area contributed by atoms with E-state index in [1.165, 1.54) is 18.2 Å². The first-order chi connectivity index (χ1) is 12.8. The fraction of sp³-hybridized carbons (Fsp3) is 0.176. The Bertz CT molecular complexity index is 1030. The number of tetrazole rings is 1. The second kappa shape index (κ2) is 7.44. The first kappa shape index (κ1) is 18.4.